The van der Waals surface area contributed by atoms with E-state index in [1.54, 1.807) is 0 Å². The van der Waals surface area contributed by atoms with Crippen molar-refractivity contribution in [1.82, 2.24) is 10.2 Å². The summed E-state index contributed by atoms with van der Waals surface area (Å²) in [5, 5.41) is 13.8. The highest BCUT2D eigenvalue weighted by molar-refractivity contribution is 5.91. The van der Waals surface area contributed by atoms with Crippen molar-refractivity contribution in [2.75, 3.05) is 19.6 Å². The first-order chi connectivity index (χ1) is 14.2. The van der Waals surface area contributed by atoms with Crippen LogP contribution in [0.1, 0.15) is 82.1 Å². The predicted molar refractivity (Wildman–Crippen MR) is 124 cm³/mol. The summed E-state index contributed by atoms with van der Waals surface area (Å²) >= 11 is 0. The summed E-state index contributed by atoms with van der Waals surface area (Å²) in [6.45, 7) is 16.2. The second-order valence-electron chi connectivity index (χ2n) is 8.72. The van der Waals surface area contributed by atoms with Crippen molar-refractivity contribution in [1.29, 1.82) is 0 Å². The van der Waals surface area contributed by atoms with Crippen LogP contribution < -0.4 is 10.1 Å². The van der Waals surface area contributed by atoms with Gasteiger partial charge in [-0.1, -0.05) is 40.0 Å². The Bertz CT molecular complexity index is 796. The van der Waals surface area contributed by atoms with Crippen LogP contribution in [0.5, 0.6) is 11.5 Å². The summed E-state index contributed by atoms with van der Waals surface area (Å²) in [7, 11) is 0. The van der Waals surface area contributed by atoms with Crippen molar-refractivity contribution in [3.63, 3.8) is 0 Å². The number of rotatable bonds is 10. The number of unbranched alkanes of at least 4 members (excludes halogenated alkanes) is 3. The number of carbonyl (C=O) groups is 1. The zero-order chi connectivity index (χ0) is 22.5. The molecule has 1 heterocycles. The van der Waals surface area contributed by atoms with Gasteiger partial charge >= 0.3 is 0 Å². The molecule has 1 aliphatic rings. The number of hydrogen-bond acceptors (Lipinski definition) is 4. The molecule has 30 heavy (non-hydrogen) atoms. The van der Waals surface area contributed by atoms with E-state index >= 15 is 0 Å². The summed E-state index contributed by atoms with van der Waals surface area (Å²) in [6, 6.07) is 0. The average Bonchev–Trinajstić information content (AvgIpc) is 2.71. The lowest BCUT2D eigenvalue weighted by molar-refractivity contribution is -0.121. The number of aromatic hydroxyl groups is 1. The minimum absolute atomic E-state index is 0.0387. The van der Waals surface area contributed by atoms with Crippen molar-refractivity contribution in [2.24, 2.45) is 0 Å². The van der Waals surface area contributed by atoms with Crippen molar-refractivity contribution in [3.8, 4) is 11.5 Å². The first kappa shape index (κ1) is 24.3. The molecule has 0 spiro atoms. The molecule has 168 valence electrons. The zero-order valence-electron chi connectivity index (χ0n) is 19.9. The molecule has 1 unspecified atom stereocenters. The van der Waals surface area contributed by atoms with Gasteiger partial charge in [0.1, 0.15) is 17.1 Å². The second-order valence-corrected chi connectivity index (χ2v) is 8.72. The monoisotopic (exact) mass is 416 g/mol. The molecule has 2 N–H and O–H groups in total. The standard InChI is InChI=1S/C25H40N2O3/c1-8-11-12-13-14-25(7)15-20(26-21(28)16-27(9-2)10-3)22-19(6)23(29)17(4)18(5)24(22)30-25/h15,29H,8-14,16H2,1-7H3,(H,26,28). The zero-order valence-corrected chi connectivity index (χ0v) is 19.9. The SMILES string of the molecule is CCCCCCC1(C)C=C(NC(=O)CN(CC)CC)c2c(C)c(O)c(C)c(C)c2O1. The van der Waals surface area contributed by atoms with Crippen LogP contribution in [0.15, 0.2) is 6.08 Å². The van der Waals surface area contributed by atoms with Gasteiger partial charge in [0.25, 0.3) is 0 Å². The number of nitrogens with one attached hydrogen (secondary N) is 1. The van der Waals surface area contributed by atoms with Crippen LogP contribution in [0.3, 0.4) is 0 Å². The molecule has 1 aromatic carbocycles. The Hall–Kier alpha value is -2.01. The second kappa shape index (κ2) is 10.3. The minimum atomic E-state index is -0.487. The number of benzene rings is 1. The molecule has 1 amide bonds. The van der Waals surface area contributed by atoms with Crippen LogP contribution in [0.25, 0.3) is 5.70 Å². The molecule has 0 fully saturated rings. The third-order valence-electron chi connectivity index (χ3n) is 6.33. The van der Waals surface area contributed by atoms with Crippen molar-refractivity contribution >= 4 is 11.6 Å². The van der Waals surface area contributed by atoms with Gasteiger partial charge in [0.2, 0.25) is 5.91 Å². The van der Waals surface area contributed by atoms with Gasteiger partial charge in [0.05, 0.1) is 12.2 Å². The van der Waals surface area contributed by atoms with Crippen LogP contribution in [-0.4, -0.2) is 41.1 Å². The van der Waals surface area contributed by atoms with Gasteiger partial charge in [-0.2, -0.15) is 0 Å². The highest BCUT2D eigenvalue weighted by Crippen LogP contribution is 2.45. The van der Waals surface area contributed by atoms with E-state index in [1.165, 1.54) is 19.3 Å². The number of nitrogens with zero attached hydrogens (tertiary/aromatic N) is 1. The summed E-state index contributed by atoms with van der Waals surface area (Å²) in [5.74, 6) is 1.01. The Morgan fingerprint density at radius 2 is 1.73 bits per heavy atom. The fourth-order valence-corrected chi connectivity index (χ4v) is 4.16. The van der Waals surface area contributed by atoms with Crippen molar-refractivity contribution in [2.45, 2.75) is 86.2 Å². The number of fused-ring (bicyclic) bond motifs is 1. The predicted octanol–water partition coefficient (Wildman–Crippen LogP) is 5.24. The number of likely N-dealkylation sites (N-methyl/N-ethyl adjacent to an activating group) is 1. The van der Waals surface area contributed by atoms with Crippen molar-refractivity contribution < 1.29 is 14.6 Å². The molecule has 2 rings (SSSR count). The van der Waals surface area contributed by atoms with Crippen molar-refractivity contribution in [3.05, 3.63) is 28.3 Å². The normalized spacial score (nSPS) is 18.1. The molecular weight excluding hydrogens is 376 g/mol. The average molecular weight is 417 g/mol. The summed E-state index contributed by atoms with van der Waals surface area (Å²) in [5.41, 5.74) is 3.57. The maximum absolute atomic E-state index is 12.8. The smallest absolute Gasteiger partial charge is 0.238 e. The van der Waals surface area contributed by atoms with Gasteiger partial charge in [0, 0.05) is 11.1 Å². The Labute approximate surface area is 182 Å². The molecule has 0 saturated carbocycles. The fourth-order valence-electron chi connectivity index (χ4n) is 4.16. The van der Waals surface area contributed by atoms with Crippen LogP contribution >= 0.6 is 0 Å². The molecule has 1 aliphatic heterocycles. The van der Waals surface area contributed by atoms with E-state index in [0.29, 0.717) is 6.54 Å². The summed E-state index contributed by atoms with van der Waals surface area (Å²) < 4.78 is 6.53. The summed E-state index contributed by atoms with van der Waals surface area (Å²) in [4.78, 5) is 14.9. The van der Waals surface area contributed by atoms with Gasteiger partial charge in [-0.25, -0.2) is 0 Å². The molecule has 0 aromatic heterocycles. The van der Waals surface area contributed by atoms with E-state index < -0.39 is 5.60 Å². The van der Waals surface area contributed by atoms with E-state index in [2.05, 4.69) is 37.9 Å². The summed E-state index contributed by atoms with van der Waals surface area (Å²) in [6.07, 6.45) is 7.59. The molecular formula is C25H40N2O3. The van der Waals surface area contributed by atoms with Crippen LogP contribution in [0, 0.1) is 20.8 Å². The third-order valence-corrected chi connectivity index (χ3v) is 6.33. The number of amides is 1. The lowest BCUT2D eigenvalue weighted by atomic mass is 9.87. The Kier molecular flexibility index (Phi) is 8.36. The Balaban J connectivity index is 2.43. The molecule has 1 aromatic rings. The number of phenols is 1. The molecule has 5 nitrogen and oxygen atoms in total. The lowest BCUT2D eigenvalue weighted by Gasteiger charge is -2.37. The topological polar surface area (TPSA) is 61.8 Å². The van der Waals surface area contributed by atoms with E-state index in [-0.39, 0.29) is 11.7 Å². The molecule has 0 bridgehead atoms. The maximum Gasteiger partial charge on any atom is 0.238 e. The van der Waals surface area contributed by atoms with Gasteiger partial charge in [-0.15, -0.1) is 0 Å². The van der Waals surface area contributed by atoms with Crippen LogP contribution in [-0.2, 0) is 4.79 Å². The number of carbonyl (C=O) groups excluding carboxylic acids is 1. The Morgan fingerprint density at radius 3 is 2.33 bits per heavy atom. The number of hydrogen-bond donors (Lipinski definition) is 2. The Morgan fingerprint density at radius 1 is 1.07 bits per heavy atom. The van der Waals surface area contributed by atoms with E-state index in [0.717, 1.165) is 59.6 Å². The largest absolute Gasteiger partial charge is 0.507 e. The van der Waals surface area contributed by atoms with Crippen LogP contribution in [0.4, 0.5) is 0 Å². The first-order valence-corrected chi connectivity index (χ1v) is 11.4. The van der Waals surface area contributed by atoms with Gasteiger partial charge in [-0.05, 0) is 70.8 Å². The molecule has 5 heteroatoms. The van der Waals surface area contributed by atoms with Gasteiger partial charge < -0.3 is 15.2 Å². The van der Waals surface area contributed by atoms with Gasteiger partial charge in [-0.3, -0.25) is 9.69 Å². The third kappa shape index (κ3) is 5.37. The molecule has 0 saturated heterocycles. The van der Waals surface area contributed by atoms with E-state index in [1.807, 2.05) is 26.8 Å². The fraction of sp³-hybridized carbons (Fsp3) is 0.640. The lowest BCUT2D eigenvalue weighted by Crippen LogP contribution is -2.40. The maximum atomic E-state index is 12.8. The van der Waals surface area contributed by atoms with E-state index in [4.69, 9.17) is 4.74 Å². The highest BCUT2D eigenvalue weighted by atomic mass is 16.5. The number of phenolic OH excluding ortho intramolecular Hbond substituents is 1. The number of ether oxygens (including phenoxy) is 1. The van der Waals surface area contributed by atoms with E-state index in [9.17, 15) is 9.90 Å². The minimum Gasteiger partial charge on any atom is -0.507 e. The van der Waals surface area contributed by atoms with Crippen LogP contribution in [0.2, 0.25) is 0 Å². The molecule has 1 atom stereocenters. The highest BCUT2D eigenvalue weighted by Gasteiger charge is 2.35. The first-order valence-electron chi connectivity index (χ1n) is 11.4. The molecule has 0 radical (unpaired) electrons. The quantitative estimate of drug-likeness (QED) is 0.512. The molecule has 0 aliphatic carbocycles. The van der Waals surface area contributed by atoms with Gasteiger partial charge in [0.15, 0.2) is 0 Å².